The smallest absolute Gasteiger partial charge is 0.258 e. The lowest BCUT2D eigenvalue weighted by molar-refractivity contribution is -0.127. The van der Waals surface area contributed by atoms with E-state index in [1.807, 2.05) is 39.8 Å². The third kappa shape index (κ3) is 5.56. The molecule has 3 N–H and O–H groups in total. The van der Waals surface area contributed by atoms with E-state index >= 15 is 0 Å². The van der Waals surface area contributed by atoms with Crippen LogP contribution >= 0.6 is 0 Å². The van der Waals surface area contributed by atoms with Crippen LogP contribution in [-0.2, 0) is 11.3 Å². The van der Waals surface area contributed by atoms with E-state index in [1.165, 1.54) is 6.07 Å². The van der Waals surface area contributed by atoms with Crippen molar-refractivity contribution in [1.82, 2.24) is 14.5 Å². The average molecular weight is 539 g/mol. The molecule has 1 aliphatic rings. The van der Waals surface area contributed by atoms with Gasteiger partial charge >= 0.3 is 0 Å². The molecule has 1 saturated heterocycles. The van der Waals surface area contributed by atoms with Crippen molar-refractivity contribution >= 4 is 46.3 Å². The molecule has 1 fully saturated rings. The van der Waals surface area contributed by atoms with Crippen molar-refractivity contribution in [2.75, 3.05) is 30.4 Å². The number of amides is 4. The summed E-state index contributed by atoms with van der Waals surface area (Å²) in [4.78, 5) is 57.9. The summed E-state index contributed by atoms with van der Waals surface area (Å²) in [5.41, 5.74) is 8.48. The van der Waals surface area contributed by atoms with E-state index in [4.69, 9.17) is 10.7 Å². The molecule has 2 heterocycles. The first kappa shape index (κ1) is 26.6. The lowest BCUT2D eigenvalue weighted by Crippen LogP contribution is -2.26. The average Bonchev–Trinajstić information content (AvgIpc) is 3.54. The van der Waals surface area contributed by atoms with E-state index in [1.54, 1.807) is 48.3 Å². The molecule has 5 rings (SSSR count). The van der Waals surface area contributed by atoms with Crippen molar-refractivity contribution in [2.45, 2.75) is 25.8 Å². The van der Waals surface area contributed by atoms with Crippen LogP contribution in [0.5, 0.6) is 0 Å². The Balaban J connectivity index is 1.44. The Bertz CT molecular complexity index is 1600. The van der Waals surface area contributed by atoms with Gasteiger partial charge in [-0.2, -0.15) is 0 Å². The highest BCUT2D eigenvalue weighted by atomic mass is 16.2. The van der Waals surface area contributed by atoms with Crippen LogP contribution in [0.3, 0.4) is 0 Å². The second-order valence-corrected chi connectivity index (χ2v) is 9.73. The van der Waals surface area contributed by atoms with Gasteiger partial charge in [0, 0.05) is 55.5 Å². The van der Waals surface area contributed by atoms with Crippen LogP contribution in [0.2, 0.25) is 0 Å². The van der Waals surface area contributed by atoms with Gasteiger partial charge in [0.05, 0.1) is 11.0 Å². The van der Waals surface area contributed by atoms with E-state index in [0.29, 0.717) is 48.6 Å². The molecule has 1 aliphatic heterocycles. The van der Waals surface area contributed by atoms with Gasteiger partial charge in [-0.15, -0.1) is 0 Å². The Morgan fingerprint density at radius 3 is 2.42 bits per heavy atom. The van der Waals surface area contributed by atoms with Crippen LogP contribution in [0.25, 0.3) is 11.0 Å². The Hall–Kier alpha value is -4.99. The predicted octanol–water partition coefficient (Wildman–Crippen LogP) is 3.68. The summed E-state index contributed by atoms with van der Waals surface area (Å²) >= 11 is 0. The third-order valence-corrected chi connectivity index (χ3v) is 7.06. The number of fused-ring (bicyclic) bond motifs is 1. The molecule has 0 bridgehead atoms. The largest absolute Gasteiger partial charge is 0.366 e. The Labute approximate surface area is 231 Å². The molecule has 0 spiro atoms. The van der Waals surface area contributed by atoms with Gasteiger partial charge < -0.3 is 20.1 Å². The van der Waals surface area contributed by atoms with Crippen molar-refractivity contribution in [3.8, 4) is 0 Å². The second-order valence-electron chi connectivity index (χ2n) is 9.73. The molecule has 40 heavy (non-hydrogen) atoms. The minimum absolute atomic E-state index is 0.155. The SMILES string of the molecule is CN(C(=O)c1ccccc1)c1ccc2c(c1)nc(NC(=O)c1cccc(C(N)=O)c1)n2CCCN1CCCC1=O. The highest BCUT2D eigenvalue weighted by Gasteiger charge is 2.21. The van der Waals surface area contributed by atoms with E-state index in [9.17, 15) is 19.2 Å². The number of carbonyl (C=O) groups is 4. The number of hydrogen-bond acceptors (Lipinski definition) is 5. The Kier molecular flexibility index (Phi) is 7.59. The number of likely N-dealkylation sites (tertiary alicyclic amines) is 1. The number of carbonyl (C=O) groups excluding carboxylic acids is 4. The molecule has 0 atom stereocenters. The minimum Gasteiger partial charge on any atom is -0.366 e. The molecule has 4 amide bonds. The fraction of sp³-hybridized carbons (Fsp3) is 0.233. The van der Waals surface area contributed by atoms with Gasteiger partial charge in [0.15, 0.2) is 0 Å². The summed E-state index contributed by atoms with van der Waals surface area (Å²) in [6.45, 7) is 1.88. The highest BCUT2D eigenvalue weighted by Crippen LogP contribution is 2.27. The van der Waals surface area contributed by atoms with Gasteiger partial charge in [-0.3, -0.25) is 24.5 Å². The maximum atomic E-state index is 13.1. The number of nitrogens with zero attached hydrogens (tertiary/aromatic N) is 4. The van der Waals surface area contributed by atoms with Gasteiger partial charge in [0.1, 0.15) is 0 Å². The fourth-order valence-corrected chi connectivity index (χ4v) is 4.89. The Morgan fingerprint density at radius 2 is 1.70 bits per heavy atom. The number of nitrogens with one attached hydrogen (secondary N) is 1. The zero-order valence-electron chi connectivity index (χ0n) is 22.2. The monoisotopic (exact) mass is 538 g/mol. The maximum absolute atomic E-state index is 13.1. The summed E-state index contributed by atoms with van der Waals surface area (Å²) in [6, 6.07) is 20.7. The van der Waals surface area contributed by atoms with Gasteiger partial charge in [0.25, 0.3) is 11.8 Å². The number of benzene rings is 3. The molecule has 10 heteroatoms. The van der Waals surface area contributed by atoms with Crippen LogP contribution in [0.15, 0.2) is 72.8 Å². The summed E-state index contributed by atoms with van der Waals surface area (Å²) in [7, 11) is 1.70. The normalized spacial score (nSPS) is 13.0. The molecule has 4 aromatic rings. The number of rotatable bonds is 9. The van der Waals surface area contributed by atoms with Crippen LogP contribution in [0.4, 0.5) is 11.6 Å². The number of primary amides is 1. The molecule has 10 nitrogen and oxygen atoms in total. The summed E-state index contributed by atoms with van der Waals surface area (Å²) in [5, 5.41) is 2.87. The van der Waals surface area contributed by atoms with Crippen LogP contribution in [0.1, 0.15) is 50.3 Å². The quantitative estimate of drug-likeness (QED) is 0.336. The van der Waals surface area contributed by atoms with Crippen molar-refractivity contribution in [3.63, 3.8) is 0 Å². The van der Waals surface area contributed by atoms with Crippen molar-refractivity contribution in [1.29, 1.82) is 0 Å². The fourth-order valence-electron chi connectivity index (χ4n) is 4.89. The first-order valence-electron chi connectivity index (χ1n) is 13.1. The molecule has 3 aromatic carbocycles. The minimum atomic E-state index is -0.625. The molecule has 0 aliphatic carbocycles. The van der Waals surface area contributed by atoms with Crippen LogP contribution in [0, 0.1) is 0 Å². The number of hydrogen-bond donors (Lipinski definition) is 2. The Morgan fingerprint density at radius 1 is 0.950 bits per heavy atom. The van der Waals surface area contributed by atoms with E-state index in [0.717, 1.165) is 18.5 Å². The van der Waals surface area contributed by atoms with Crippen LogP contribution in [-0.4, -0.2) is 58.2 Å². The van der Waals surface area contributed by atoms with Crippen molar-refractivity contribution < 1.29 is 19.2 Å². The number of nitrogens with two attached hydrogens (primary N) is 1. The van der Waals surface area contributed by atoms with Gasteiger partial charge in [0.2, 0.25) is 17.8 Å². The lowest BCUT2D eigenvalue weighted by atomic mass is 10.1. The van der Waals surface area contributed by atoms with Crippen molar-refractivity contribution in [2.24, 2.45) is 5.73 Å². The van der Waals surface area contributed by atoms with Gasteiger partial charge in [-0.1, -0.05) is 24.3 Å². The zero-order chi connectivity index (χ0) is 28.2. The topological polar surface area (TPSA) is 131 Å². The molecule has 0 unspecified atom stereocenters. The van der Waals surface area contributed by atoms with Gasteiger partial charge in [-0.05, 0) is 61.4 Å². The standard InChI is InChI=1S/C30H30N6O4/c1-34(29(40)20-8-3-2-4-9-20)23-13-14-25-24(19-23)32-30(36(25)17-7-16-35-15-6-12-26(35)37)33-28(39)22-11-5-10-21(18-22)27(31)38/h2-5,8-11,13-14,18-19H,6-7,12,15-17H2,1H3,(H2,31,38)(H,32,33,39). The van der Waals surface area contributed by atoms with E-state index in [-0.39, 0.29) is 22.9 Å². The lowest BCUT2D eigenvalue weighted by Gasteiger charge is -2.18. The number of aromatic nitrogens is 2. The highest BCUT2D eigenvalue weighted by molar-refractivity contribution is 6.07. The molecular formula is C30H30N6O4. The van der Waals surface area contributed by atoms with Gasteiger partial charge in [-0.25, -0.2) is 4.98 Å². The number of imidazole rings is 1. The third-order valence-electron chi connectivity index (χ3n) is 7.06. The number of anilines is 2. The molecular weight excluding hydrogens is 508 g/mol. The first-order valence-corrected chi connectivity index (χ1v) is 13.1. The zero-order valence-corrected chi connectivity index (χ0v) is 22.2. The maximum Gasteiger partial charge on any atom is 0.258 e. The first-order chi connectivity index (χ1) is 19.3. The van der Waals surface area contributed by atoms with E-state index in [2.05, 4.69) is 5.32 Å². The second kappa shape index (κ2) is 11.4. The molecule has 0 radical (unpaired) electrons. The van der Waals surface area contributed by atoms with E-state index < -0.39 is 11.8 Å². The molecule has 204 valence electrons. The predicted molar refractivity (Wildman–Crippen MR) is 152 cm³/mol. The summed E-state index contributed by atoms with van der Waals surface area (Å²) in [6.07, 6.45) is 2.12. The van der Waals surface area contributed by atoms with Crippen LogP contribution < -0.4 is 16.0 Å². The number of aryl methyl sites for hydroxylation is 1. The summed E-state index contributed by atoms with van der Waals surface area (Å²) < 4.78 is 1.90. The molecule has 1 aromatic heterocycles. The van der Waals surface area contributed by atoms with Crippen molar-refractivity contribution in [3.05, 3.63) is 89.5 Å². The molecule has 0 saturated carbocycles. The summed E-state index contributed by atoms with van der Waals surface area (Å²) in [5.74, 6) is -0.732.